The molecule has 0 bridgehead atoms. The van der Waals surface area contributed by atoms with Crippen LogP contribution in [-0.4, -0.2) is 20.3 Å². The first-order valence-corrected chi connectivity index (χ1v) is 6.35. The summed E-state index contributed by atoms with van der Waals surface area (Å²) in [7, 11) is -2.05. The highest BCUT2D eigenvalue weighted by Gasteiger charge is 2.39. The van der Waals surface area contributed by atoms with Gasteiger partial charge in [0.1, 0.15) is 10.5 Å². The highest BCUT2D eigenvalue weighted by atomic mass is 32.2. The monoisotopic (exact) mass is 240 g/mol. The van der Waals surface area contributed by atoms with Crippen molar-refractivity contribution in [2.45, 2.75) is 23.5 Å². The molecule has 3 nitrogen and oxygen atoms in total. The van der Waals surface area contributed by atoms with E-state index in [4.69, 9.17) is 4.74 Å². The highest BCUT2D eigenvalue weighted by molar-refractivity contribution is 7.93. The topological polar surface area (TPSA) is 43.4 Å². The SMILES string of the molecule is C=C(OC)C(C)(C)S(=O)(=O)c1ccccc1. The summed E-state index contributed by atoms with van der Waals surface area (Å²) in [5, 5.41) is 0. The normalized spacial score (nSPS) is 12.2. The number of benzene rings is 1. The maximum Gasteiger partial charge on any atom is 0.190 e. The van der Waals surface area contributed by atoms with E-state index in [1.54, 1.807) is 44.2 Å². The number of sulfone groups is 1. The molecule has 0 heterocycles. The van der Waals surface area contributed by atoms with Crippen LogP contribution in [0, 0.1) is 0 Å². The Labute approximate surface area is 96.7 Å². The van der Waals surface area contributed by atoms with Gasteiger partial charge in [0.15, 0.2) is 9.84 Å². The smallest absolute Gasteiger partial charge is 0.190 e. The Bertz CT molecular complexity index is 472. The fourth-order valence-corrected chi connectivity index (χ4v) is 2.78. The van der Waals surface area contributed by atoms with E-state index in [9.17, 15) is 8.42 Å². The largest absolute Gasteiger partial charge is 0.500 e. The van der Waals surface area contributed by atoms with Crippen LogP contribution in [0.2, 0.25) is 0 Å². The molecule has 0 amide bonds. The lowest BCUT2D eigenvalue weighted by atomic mass is 10.2. The van der Waals surface area contributed by atoms with Crippen LogP contribution in [-0.2, 0) is 14.6 Å². The fourth-order valence-electron chi connectivity index (χ4n) is 1.29. The van der Waals surface area contributed by atoms with Gasteiger partial charge in [-0.05, 0) is 26.0 Å². The maximum atomic E-state index is 12.3. The quantitative estimate of drug-likeness (QED) is 0.759. The molecule has 0 radical (unpaired) electrons. The van der Waals surface area contributed by atoms with E-state index in [0.29, 0.717) is 0 Å². The van der Waals surface area contributed by atoms with E-state index in [2.05, 4.69) is 6.58 Å². The van der Waals surface area contributed by atoms with E-state index in [1.807, 2.05) is 0 Å². The van der Waals surface area contributed by atoms with Gasteiger partial charge in [-0.25, -0.2) is 8.42 Å². The number of rotatable bonds is 4. The average Bonchev–Trinajstić information content (AvgIpc) is 2.28. The maximum absolute atomic E-state index is 12.3. The molecule has 0 spiro atoms. The first-order chi connectivity index (χ1) is 7.34. The second kappa shape index (κ2) is 4.29. The van der Waals surface area contributed by atoms with E-state index in [0.717, 1.165) is 0 Å². The van der Waals surface area contributed by atoms with E-state index in [-0.39, 0.29) is 10.7 Å². The van der Waals surface area contributed by atoms with Crippen molar-refractivity contribution in [3.8, 4) is 0 Å². The van der Waals surface area contributed by atoms with Gasteiger partial charge in [0, 0.05) is 0 Å². The van der Waals surface area contributed by atoms with Crippen LogP contribution in [0.3, 0.4) is 0 Å². The Hall–Kier alpha value is -1.29. The van der Waals surface area contributed by atoms with Crippen molar-refractivity contribution in [2.75, 3.05) is 7.11 Å². The van der Waals surface area contributed by atoms with Crippen molar-refractivity contribution >= 4 is 9.84 Å². The van der Waals surface area contributed by atoms with Gasteiger partial charge in [0.25, 0.3) is 0 Å². The van der Waals surface area contributed by atoms with Crippen molar-refractivity contribution in [1.82, 2.24) is 0 Å². The summed E-state index contributed by atoms with van der Waals surface area (Å²) in [5.74, 6) is 0.233. The molecule has 0 unspecified atom stereocenters. The van der Waals surface area contributed by atoms with Crippen LogP contribution in [0.25, 0.3) is 0 Å². The van der Waals surface area contributed by atoms with Gasteiger partial charge in [-0.2, -0.15) is 0 Å². The van der Waals surface area contributed by atoms with Crippen LogP contribution >= 0.6 is 0 Å². The Kier molecular flexibility index (Phi) is 3.43. The lowest BCUT2D eigenvalue weighted by Gasteiger charge is -2.25. The van der Waals surface area contributed by atoms with Crippen molar-refractivity contribution < 1.29 is 13.2 Å². The van der Waals surface area contributed by atoms with Crippen molar-refractivity contribution in [3.63, 3.8) is 0 Å². The van der Waals surface area contributed by atoms with Gasteiger partial charge in [0.2, 0.25) is 0 Å². The predicted molar refractivity (Wildman–Crippen MR) is 63.9 cm³/mol. The molecule has 16 heavy (non-hydrogen) atoms. The second-order valence-corrected chi connectivity index (χ2v) is 6.45. The van der Waals surface area contributed by atoms with Crippen molar-refractivity contribution in [2.24, 2.45) is 0 Å². The van der Waals surface area contributed by atoms with E-state index >= 15 is 0 Å². The number of methoxy groups -OCH3 is 1. The Morgan fingerprint density at radius 1 is 1.25 bits per heavy atom. The molecule has 1 aromatic carbocycles. The summed E-state index contributed by atoms with van der Waals surface area (Å²) in [6.07, 6.45) is 0. The lowest BCUT2D eigenvalue weighted by Crippen LogP contribution is -2.34. The van der Waals surface area contributed by atoms with Gasteiger partial charge >= 0.3 is 0 Å². The minimum Gasteiger partial charge on any atom is -0.500 e. The van der Waals surface area contributed by atoms with Crippen LogP contribution < -0.4 is 0 Å². The molecular weight excluding hydrogens is 224 g/mol. The zero-order valence-electron chi connectivity index (χ0n) is 9.73. The standard InChI is InChI=1S/C12H16O3S/c1-10(15-4)12(2,3)16(13,14)11-8-6-5-7-9-11/h5-9H,1H2,2-4H3. The second-order valence-electron chi connectivity index (χ2n) is 3.95. The molecule has 0 atom stereocenters. The molecule has 0 saturated carbocycles. The third-order valence-corrected chi connectivity index (χ3v) is 5.11. The van der Waals surface area contributed by atoms with Gasteiger partial charge in [-0.1, -0.05) is 24.8 Å². The third-order valence-electron chi connectivity index (χ3n) is 2.64. The predicted octanol–water partition coefficient (Wildman–Crippen LogP) is 2.40. The molecule has 0 saturated heterocycles. The molecule has 0 aliphatic rings. The van der Waals surface area contributed by atoms with Gasteiger partial charge in [-0.3, -0.25) is 0 Å². The van der Waals surface area contributed by atoms with Crippen LogP contribution in [0.15, 0.2) is 47.6 Å². The van der Waals surface area contributed by atoms with E-state index < -0.39 is 14.6 Å². The zero-order valence-corrected chi connectivity index (χ0v) is 10.5. The number of hydrogen-bond donors (Lipinski definition) is 0. The molecular formula is C12H16O3S. The minimum absolute atomic E-state index is 0.233. The minimum atomic E-state index is -3.47. The first kappa shape index (κ1) is 12.8. The lowest BCUT2D eigenvalue weighted by molar-refractivity contribution is 0.261. The number of hydrogen-bond acceptors (Lipinski definition) is 3. The molecule has 4 heteroatoms. The van der Waals surface area contributed by atoms with Crippen LogP contribution in [0.5, 0.6) is 0 Å². The zero-order chi connectivity index (χ0) is 12.4. The first-order valence-electron chi connectivity index (χ1n) is 4.87. The van der Waals surface area contributed by atoms with Gasteiger partial charge < -0.3 is 4.74 Å². The van der Waals surface area contributed by atoms with E-state index in [1.165, 1.54) is 7.11 Å². The molecule has 1 aromatic rings. The average molecular weight is 240 g/mol. The molecule has 1 rings (SSSR count). The summed E-state index contributed by atoms with van der Waals surface area (Å²) in [6.45, 7) is 6.80. The van der Waals surface area contributed by atoms with Crippen LogP contribution in [0.1, 0.15) is 13.8 Å². The summed E-state index contributed by atoms with van der Waals surface area (Å²) in [6, 6.07) is 8.30. The van der Waals surface area contributed by atoms with Gasteiger partial charge in [-0.15, -0.1) is 0 Å². The third kappa shape index (κ3) is 1.97. The molecule has 0 N–H and O–H groups in total. The van der Waals surface area contributed by atoms with Crippen LogP contribution in [0.4, 0.5) is 0 Å². The molecule has 0 aliphatic carbocycles. The van der Waals surface area contributed by atoms with Crippen molar-refractivity contribution in [3.05, 3.63) is 42.7 Å². The summed E-state index contributed by atoms with van der Waals surface area (Å²) in [5.41, 5.74) is 0. The Morgan fingerprint density at radius 3 is 2.19 bits per heavy atom. The fraction of sp³-hybridized carbons (Fsp3) is 0.333. The molecule has 88 valence electrons. The molecule has 0 aromatic heterocycles. The summed E-state index contributed by atoms with van der Waals surface area (Å²) >= 11 is 0. The Balaban J connectivity index is 3.28. The number of ether oxygens (including phenoxy) is 1. The molecule has 0 fully saturated rings. The highest BCUT2D eigenvalue weighted by Crippen LogP contribution is 2.31. The Morgan fingerprint density at radius 2 is 1.75 bits per heavy atom. The summed E-state index contributed by atoms with van der Waals surface area (Å²) in [4.78, 5) is 0.276. The van der Waals surface area contributed by atoms with Gasteiger partial charge in [0.05, 0.1) is 12.0 Å². The van der Waals surface area contributed by atoms with Crippen molar-refractivity contribution in [1.29, 1.82) is 0 Å². The molecule has 0 aliphatic heterocycles. The summed E-state index contributed by atoms with van der Waals surface area (Å²) < 4.78 is 28.4.